The molecule has 0 atom stereocenters. The van der Waals surface area contributed by atoms with Gasteiger partial charge >= 0.3 is 0 Å². The zero-order valence-electron chi connectivity index (χ0n) is 29.1. The van der Waals surface area contributed by atoms with Gasteiger partial charge in [0.15, 0.2) is 0 Å². The van der Waals surface area contributed by atoms with E-state index in [0.717, 1.165) is 95.7 Å². The van der Waals surface area contributed by atoms with E-state index in [0.29, 0.717) is 0 Å². The molecule has 3 aromatic heterocycles. The van der Waals surface area contributed by atoms with Gasteiger partial charge in [0.25, 0.3) is 0 Å². The minimum Gasteiger partial charge on any atom is -0.456 e. The standard InChI is InChI=1S/C50H30O3S/c1-5-17-44-37(9-1)40-14-7-12-35(49(40)52-44)33-23-32(24-34(25-33)36-13-8-15-41-38-10-2-6-18-45(38)53-50(36)41)30-21-19-29-20-22-31-26-42-39-11-3-4-16-43(39)51-46(42)28-48(31)54-47(29)27-30/h1-19,21,23-28H,20,22H2. The average Bonchev–Trinajstić information content (AvgIpc) is 3.87. The lowest BCUT2D eigenvalue weighted by Crippen LogP contribution is -1.92. The molecule has 0 unspecified atom stereocenters. The van der Waals surface area contributed by atoms with E-state index in [1.165, 1.54) is 37.3 Å². The van der Waals surface area contributed by atoms with Crippen molar-refractivity contribution in [2.75, 3.05) is 0 Å². The summed E-state index contributed by atoms with van der Waals surface area (Å²) < 4.78 is 19.5. The number of benzene rings is 8. The lowest BCUT2D eigenvalue weighted by atomic mass is 9.91. The second-order valence-electron chi connectivity index (χ2n) is 14.3. The smallest absolute Gasteiger partial charge is 0.143 e. The Morgan fingerprint density at radius 1 is 0.333 bits per heavy atom. The highest BCUT2D eigenvalue weighted by molar-refractivity contribution is 7.99. The van der Waals surface area contributed by atoms with Crippen LogP contribution in [0.3, 0.4) is 0 Å². The van der Waals surface area contributed by atoms with Crippen molar-refractivity contribution in [2.45, 2.75) is 22.6 Å². The molecular formula is C50H30O3S. The number of para-hydroxylation sites is 5. The van der Waals surface area contributed by atoms with Crippen LogP contribution < -0.4 is 0 Å². The number of rotatable bonds is 3. The fourth-order valence-electron chi connectivity index (χ4n) is 8.57. The molecule has 0 N–H and O–H groups in total. The van der Waals surface area contributed by atoms with Crippen molar-refractivity contribution in [2.24, 2.45) is 0 Å². The number of fused-ring (bicyclic) bond motifs is 11. The van der Waals surface area contributed by atoms with E-state index in [2.05, 4.69) is 127 Å². The molecule has 0 amide bonds. The fraction of sp³-hybridized carbons (Fsp3) is 0.0400. The Kier molecular flexibility index (Phi) is 6.40. The van der Waals surface area contributed by atoms with E-state index in [1.54, 1.807) is 0 Å². The molecule has 11 aromatic rings. The Morgan fingerprint density at radius 3 is 1.50 bits per heavy atom. The third kappa shape index (κ3) is 4.57. The van der Waals surface area contributed by atoms with Gasteiger partial charge in [-0.05, 0) is 101 Å². The van der Waals surface area contributed by atoms with Gasteiger partial charge < -0.3 is 13.3 Å². The molecule has 1 aliphatic rings. The van der Waals surface area contributed by atoms with Crippen LogP contribution in [0.4, 0.5) is 0 Å². The topological polar surface area (TPSA) is 39.4 Å². The zero-order chi connectivity index (χ0) is 35.3. The molecule has 0 bridgehead atoms. The Labute approximate surface area is 314 Å². The van der Waals surface area contributed by atoms with Crippen molar-refractivity contribution in [3.05, 3.63) is 169 Å². The van der Waals surface area contributed by atoms with E-state index in [9.17, 15) is 0 Å². The van der Waals surface area contributed by atoms with Crippen LogP contribution in [0.15, 0.2) is 181 Å². The van der Waals surface area contributed by atoms with Crippen LogP contribution in [0.5, 0.6) is 0 Å². The Morgan fingerprint density at radius 2 is 0.852 bits per heavy atom. The summed E-state index contributed by atoms with van der Waals surface area (Å²) in [6.07, 6.45) is 1.98. The second-order valence-corrected chi connectivity index (χ2v) is 15.4. The van der Waals surface area contributed by atoms with Crippen molar-refractivity contribution in [3.8, 4) is 33.4 Å². The molecule has 0 saturated heterocycles. The quantitative estimate of drug-likeness (QED) is 0.183. The van der Waals surface area contributed by atoms with Gasteiger partial charge in [-0.15, -0.1) is 0 Å². The number of furan rings is 3. The van der Waals surface area contributed by atoms with Crippen molar-refractivity contribution >= 4 is 77.6 Å². The molecular weight excluding hydrogens is 681 g/mol. The van der Waals surface area contributed by atoms with Crippen molar-refractivity contribution < 1.29 is 13.3 Å². The molecule has 4 heterocycles. The molecule has 0 fully saturated rings. The number of hydrogen-bond acceptors (Lipinski definition) is 4. The molecule has 8 aromatic carbocycles. The number of aryl methyl sites for hydroxylation is 2. The Hall–Kier alpha value is -6.49. The lowest BCUT2D eigenvalue weighted by molar-refractivity contribution is 0.667. The molecule has 54 heavy (non-hydrogen) atoms. The molecule has 4 heteroatoms. The van der Waals surface area contributed by atoms with Gasteiger partial charge in [0.05, 0.1) is 0 Å². The summed E-state index contributed by atoms with van der Waals surface area (Å²) in [4.78, 5) is 2.55. The average molecular weight is 711 g/mol. The van der Waals surface area contributed by atoms with Crippen LogP contribution in [0.25, 0.3) is 99.2 Å². The SMILES string of the molecule is c1ccc2c(c1)oc1cc3c(cc12)CCc1ccc(-c2cc(-c4cccc5c4oc4ccccc45)cc(-c4cccc5c4oc4ccccc45)c2)cc1S3. The molecule has 0 saturated carbocycles. The Balaban J connectivity index is 1.05. The van der Waals surface area contributed by atoms with E-state index in [4.69, 9.17) is 13.3 Å². The maximum Gasteiger partial charge on any atom is 0.143 e. The maximum atomic E-state index is 6.58. The van der Waals surface area contributed by atoms with Gasteiger partial charge in [-0.1, -0.05) is 115 Å². The highest BCUT2D eigenvalue weighted by Crippen LogP contribution is 2.45. The van der Waals surface area contributed by atoms with Crippen molar-refractivity contribution in [1.29, 1.82) is 0 Å². The highest BCUT2D eigenvalue weighted by Gasteiger charge is 2.21. The molecule has 3 nitrogen and oxygen atoms in total. The summed E-state index contributed by atoms with van der Waals surface area (Å²) in [7, 11) is 0. The van der Waals surface area contributed by atoms with Crippen LogP contribution in [0, 0.1) is 0 Å². The summed E-state index contributed by atoms with van der Waals surface area (Å²) in [6.45, 7) is 0. The largest absolute Gasteiger partial charge is 0.456 e. The number of hydrogen-bond donors (Lipinski definition) is 0. The normalized spacial score (nSPS) is 13.0. The third-order valence-corrected chi connectivity index (χ3v) is 12.4. The van der Waals surface area contributed by atoms with Gasteiger partial charge in [-0.3, -0.25) is 0 Å². The first-order chi connectivity index (χ1) is 26.7. The summed E-state index contributed by atoms with van der Waals surface area (Å²) in [5.41, 5.74) is 14.9. The Bertz CT molecular complexity index is 3190. The van der Waals surface area contributed by atoms with E-state index in [1.807, 2.05) is 42.1 Å². The zero-order valence-corrected chi connectivity index (χ0v) is 29.9. The lowest BCUT2D eigenvalue weighted by Gasteiger charge is -2.14. The maximum absolute atomic E-state index is 6.58. The van der Waals surface area contributed by atoms with Gasteiger partial charge in [0.2, 0.25) is 0 Å². The highest BCUT2D eigenvalue weighted by atomic mass is 32.2. The van der Waals surface area contributed by atoms with Crippen LogP contribution in [0.2, 0.25) is 0 Å². The summed E-state index contributed by atoms with van der Waals surface area (Å²) in [5, 5.41) is 6.86. The van der Waals surface area contributed by atoms with Gasteiger partial charge in [-0.2, -0.15) is 0 Å². The van der Waals surface area contributed by atoms with Crippen LogP contribution in [-0.4, -0.2) is 0 Å². The van der Waals surface area contributed by atoms with Crippen LogP contribution >= 0.6 is 11.8 Å². The van der Waals surface area contributed by atoms with E-state index < -0.39 is 0 Å². The first kappa shape index (κ1) is 30.0. The molecule has 0 aliphatic carbocycles. The van der Waals surface area contributed by atoms with Gasteiger partial charge in [-0.25, -0.2) is 0 Å². The molecule has 254 valence electrons. The second kappa shape index (κ2) is 11.5. The first-order valence-electron chi connectivity index (χ1n) is 18.4. The van der Waals surface area contributed by atoms with E-state index >= 15 is 0 Å². The van der Waals surface area contributed by atoms with Gasteiger partial charge in [0, 0.05) is 53.2 Å². The van der Waals surface area contributed by atoms with Crippen LogP contribution in [-0.2, 0) is 12.8 Å². The van der Waals surface area contributed by atoms with Crippen molar-refractivity contribution in [1.82, 2.24) is 0 Å². The monoisotopic (exact) mass is 710 g/mol. The minimum absolute atomic E-state index is 0.895. The molecule has 0 spiro atoms. The summed E-state index contributed by atoms with van der Waals surface area (Å²) >= 11 is 1.86. The summed E-state index contributed by atoms with van der Waals surface area (Å²) in [5.74, 6) is 0. The molecule has 12 rings (SSSR count). The first-order valence-corrected chi connectivity index (χ1v) is 19.3. The van der Waals surface area contributed by atoms with E-state index in [-0.39, 0.29) is 0 Å². The van der Waals surface area contributed by atoms with Crippen LogP contribution in [0.1, 0.15) is 11.1 Å². The predicted molar refractivity (Wildman–Crippen MR) is 223 cm³/mol. The summed E-state index contributed by atoms with van der Waals surface area (Å²) in [6, 6.07) is 56.4. The van der Waals surface area contributed by atoms with Gasteiger partial charge in [0.1, 0.15) is 33.5 Å². The fourth-order valence-corrected chi connectivity index (χ4v) is 9.75. The predicted octanol–water partition coefficient (Wildman–Crippen LogP) is 14.6. The molecule has 1 aliphatic heterocycles. The molecule has 0 radical (unpaired) electrons. The third-order valence-electron chi connectivity index (χ3n) is 11.2. The van der Waals surface area contributed by atoms with Crippen molar-refractivity contribution in [3.63, 3.8) is 0 Å². The minimum atomic E-state index is 0.895.